The standard InChI is InChI=1S/C15H14ClN5O/c1-20(2)15(22)10-6-12(9-4-5-13(16)17-7-9)19-14-11(10)8-18-21(14)3/h4-8H,1-3H3. The summed E-state index contributed by atoms with van der Waals surface area (Å²) in [4.78, 5) is 22.6. The van der Waals surface area contributed by atoms with Crippen LogP contribution in [0.2, 0.25) is 5.15 Å². The maximum Gasteiger partial charge on any atom is 0.254 e. The quantitative estimate of drug-likeness (QED) is 0.681. The number of amides is 1. The van der Waals surface area contributed by atoms with Crippen molar-refractivity contribution in [2.24, 2.45) is 7.05 Å². The first-order valence-electron chi connectivity index (χ1n) is 6.63. The van der Waals surface area contributed by atoms with E-state index in [1.54, 1.807) is 50.4 Å². The Bertz CT molecular complexity index is 854. The van der Waals surface area contributed by atoms with Gasteiger partial charge in [0.1, 0.15) is 5.15 Å². The Morgan fingerprint density at radius 1 is 1.27 bits per heavy atom. The molecule has 3 aromatic heterocycles. The van der Waals surface area contributed by atoms with Crippen LogP contribution in [0.1, 0.15) is 10.4 Å². The van der Waals surface area contributed by atoms with Crippen LogP contribution in [-0.2, 0) is 7.05 Å². The minimum atomic E-state index is -0.0939. The molecule has 0 fully saturated rings. The van der Waals surface area contributed by atoms with Crippen molar-refractivity contribution in [2.45, 2.75) is 0 Å². The smallest absolute Gasteiger partial charge is 0.254 e. The lowest BCUT2D eigenvalue weighted by atomic mass is 10.1. The highest BCUT2D eigenvalue weighted by atomic mass is 35.5. The average Bonchev–Trinajstić information content (AvgIpc) is 2.88. The minimum absolute atomic E-state index is 0.0939. The van der Waals surface area contributed by atoms with Gasteiger partial charge in [-0.25, -0.2) is 9.97 Å². The van der Waals surface area contributed by atoms with Gasteiger partial charge in [-0.1, -0.05) is 11.6 Å². The van der Waals surface area contributed by atoms with E-state index < -0.39 is 0 Å². The molecule has 0 bridgehead atoms. The number of halogens is 1. The van der Waals surface area contributed by atoms with Crippen LogP contribution in [0.25, 0.3) is 22.3 Å². The number of rotatable bonds is 2. The zero-order valence-electron chi connectivity index (χ0n) is 12.4. The van der Waals surface area contributed by atoms with Crippen molar-refractivity contribution < 1.29 is 4.79 Å². The van der Waals surface area contributed by atoms with E-state index in [1.165, 1.54) is 4.90 Å². The summed E-state index contributed by atoms with van der Waals surface area (Å²) in [5.41, 5.74) is 2.66. The van der Waals surface area contributed by atoms with Gasteiger partial charge in [0.2, 0.25) is 0 Å². The number of hydrogen-bond donors (Lipinski definition) is 0. The van der Waals surface area contributed by atoms with E-state index in [0.29, 0.717) is 22.1 Å². The van der Waals surface area contributed by atoms with Crippen molar-refractivity contribution >= 4 is 28.5 Å². The summed E-state index contributed by atoms with van der Waals surface area (Å²) in [6.07, 6.45) is 3.29. The Hall–Kier alpha value is -2.47. The topological polar surface area (TPSA) is 63.9 Å². The van der Waals surface area contributed by atoms with Crippen LogP contribution in [0.4, 0.5) is 0 Å². The third-order valence-electron chi connectivity index (χ3n) is 3.36. The molecule has 0 spiro atoms. The van der Waals surface area contributed by atoms with Gasteiger partial charge in [-0.15, -0.1) is 0 Å². The van der Waals surface area contributed by atoms with Crippen LogP contribution in [0.5, 0.6) is 0 Å². The van der Waals surface area contributed by atoms with Gasteiger partial charge in [0.25, 0.3) is 5.91 Å². The zero-order chi connectivity index (χ0) is 15.9. The molecule has 0 N–H and O–H groups in total. The molecule has 112 valence electrons. The van der Waals surface area contributed by atoms with Crippen molar-refractivity contribution in [2.75, 3.05) is 14.1 Å². The minimum Gasteiger partial charge on any atom is -0.345 e. The number of hydrogen-bond acceptors (Lipinski definition) is 4. The molecule has 6 nitrogen and oxygen atoms in total. The molecule has 7 heteroatoms. The van der Waals surface area contributed by atoms with Crippen molar-refractivity contribution in [3.05, 3.63) is 41.3 Å². The number of aromatic nitrogens is 4. The summed E-state index contributed by atoms with van der Waals surface area (Å²) in [5.74, 6) is -0.0939. The molecular weight excluding hydrogens is 302 g/mol. The van der Waals surface area contributed by atoms with Crippen LogP contribution >= 0.6 is 11.6 Å². The van der Waals surface area contributed by atoms with Crippen LogP contribution in [0, 0.1) is 0 Å². The number of pyridine rings is 2. The van der Waals surface area contributed by atoms with E-state index in [2.05, 4.69) is 15.1 Å². The summed E-state index contributed by atoms with van der Waals surface area (Å²) < 4.78 is 1.65. The zero-order valence-corrected chi connectivity index (χ0v) is 13.2. The Morgan fingerprint density at radius 2 is 2.05 bits per heavy atom. The number of carbonyl (C=O) groups excluding carboxylic acids is 1. The van der Waals surface area contributed by atoms with Crippen molar-refractivity contribution in [1.82, 2.24) is 24.6 Å². The van der Waals surface area contributed by atoms with Crippen molar-refractivity contribution in [3.8, 4) is 11.3 Å². The number of fused-ring (bicyclic) bond motifs is 1. The van der Waals surface area contributed by atoms with Gasteiger partial charge in [-0.2, -0.15) is 5.10 Å². The fourth-order valence-corrected chi connectivity index (χ4v) is 2.32. The van der Waals surface area contributed by atoms with E-state index in [1.807, 2.05) is 6.07 Å². The Labute approximate surface area is 132 Å². The molecule has 3 rings (SSSR count). The normalized spacial score (nSPS) is 10.9. The first-order valence-corrected chi connectivity index (χ1v) is 7.01. The highest BCUT2D eigenvalue weighted by Crippen LogP contribution is 2.25. The molecule has 0 saturated carbocycles. The second-order valence-electron chi connectivity index (χ2n) is 5.13. The van der Waals surface area contributed by atoms with Crippen LogP contribution < -0.4 is 0 Å². The fraction of sp³-hybridized carbons (Fsp3) is 0.200. The van der Waals surface area contributed by atoms with Crippen molar-refractivity contribution in [3.63, 3.8) is 0 Å². The van der Waals surface area contributed by atoms with Crippen LogP contribution in [-0.4, -0.2) is 44.7 Å². The SMILES string of the molecule is CN(C)C(=O)c1cc(-c2ccc(Cl)nc2)nc2c1cnn2C. The monoisotopic (exact) mass is 315 g/mol. The van der Waals surface area contributed by atoms with Gasteiger partial charge < -0.3 is 4.90 Å². The predicted molar refractivity (Wildman–Crippen MR) is 84.8 cm³/mol. The summed E-state index contributed by atoms with van der Waals surface area (Å²) in [6.45, 7) is 0. The van der Waals surface area contributed by atoms with Crippen molar-refractivity contribution in [1.29, 1.82) is 0 Å². The predicted octanol–water partition coefficient (Wildman–Crippen LogP) is 2.39. The van der Waals surface area contributed by atoms with Gasteiger partial charge in [0.05, 0.1) is 22.8 Å². The van der Waals surface area contributed by atoms with E-state index in [-0.39, 0.29) is 5.91 Å². The summed E-state index contributed by atoms with van der Waals surface area (Å²) in [6, 6.07) is 5.28. The molecule has 0 aliphatic heterocycles. The number of carbonyl (C=O) groups is 1. The molecule has 0 saturated heterocycles. The largest absolute Gasteiger partial charge is 0.345 e. The number of nitrogens with zero attached hydrogens (tertiary/aromatic N) is 5. The second-order valence-corrected chi connectivity index (χ2v) is 5.52. The molecule has 1 amide bonds. The molecule has 3 heterocycles. The third kappa shape index (κ3) is 2.42. The molecular formula is C15H14ClN5O. The highest BCUT2D eigenvalue weighted by Gasteiger charge is 2.17. The summed E-state index contributed by atoms with van der Waals surface area (Å²) >= 11 is 5.82. The summed E-state index contributed by atoms with van der Waals surface area (Å²) in [7, 11) is 5.23. The highest BCUT2D eigenvalue weighted by molar-refractivity contribution is 6.29. The maximum atomic E-state index is 12.4. The van der Waals surface area contributed by atoms with E-state index in [4.69, 9.17) is 11.6 Å². The molecule has 0 radical (unpaired) electrons. The van der Waals surface area contributed by atoms with E-state index in [0.717, 1.165) is 10.9 Å². The average molecular weight is 316 g/mol. The molecule has 0 aliphatic carbocycles. The first-order chi connectivity index (χ1) is 10.5. The van der Waals surface area contributed by atoms with Gasteiger partial charge in [0, 0.05) is 32.9 Å². The van der Waals surface area contributed by atoms with Crippen LogP contribution in [0.15, 0.2) is 30.6 Å². The molecule has 22 heavy (non-hydrogen) atoms. The van der Waals surface area contributed by atoms with Crippen LogP contribution in [0.3, 0.4) is 0 Å². The molecule has 0 aromatic carbocycles. The lowest BCUT2D eigenvalue weighted by Gasteiger charge is -2.12. The van der Waals surface area contributed by atoms with E-state index >= 15 is 0 Å². The second kappa shape index (κ2) is 5.38. The van der Waals surface area contributed by atoms with Gasteiger partial charge in [-0.3, -0.25) is 9.48 Å². The lowest BCUT2D eigenvalue weighted by Crippen LogP contribution is -2.22. The molecule has 0 aliphatic rings. The molecule has 0 unspecified atom stereocenters. The Morgan fingerprint density at radius 3 is 2.68 bits per heavy atom. The Balaban J connectivity index is 2.26. The third-order valence-corrected chi connectivity index (χ3v) is 3.59. The van der Waals surface area contributed by atoms with Gasteiger partial charge >= 0.3 is 0 Å². The Kier molecular flexibility index (Phi) is 3.54. The summed E-state index contributed by atoms with van der Waals surface area (Å²) in [5, 5.41) is 5.33. The van der Waals surface area contributed by atoms with Gasteiger partial charge in [0.15, 0.2) is 5.65 Å². The molecule has 3 aromatic rings. The lowest BCUT2D eigenvalue weighted by molar-refractivity contribution is 0.0829. The maximum absolute atomic E-state index is 12.4. The van der Waals surface area contributed by atoms with E-state index in [9.17, 15) is 4.79 Å². The number of aryl methyl sites for hydroxylation is 1. The fourth-order valence-electron chi connectivity index (χ4n) is 2.21. The molecule has 0 atom stereocenters. The van der Waals surface area contributed by atoms with Gasteiger partial charge in [-0.05, 0) is 18.2 Å². The first kappa shape index (κ1) is 14.5.